The molecule has 0 radical (unpaired) electrons. The number of amides is 1. The Balaban J connectivity index is 2.10. The van der Waals surface area contributed by atoms with Gasteiger partial charge in [-0.05, 0) is 41.9 Å². The van der Waals surface area contributed by atoms with E-state index in [2.05, 4.69) is 26.2 Å². The van der Waals surface area contributed by atoms with Crippen molar-refractivity contribution in [3.05, 3.63) is 40.8 Å². The molecule has 106 valence electrons. The molecule has 0 unspecified atom stereocenters. The van der Waals surface area contributed by atoms with Crippen LogP contribution in [0, 0.1) is 0 Å². The van der Waals surface area contributed by atoms with Gasteiger partial charge < -0.3 is 14.6 Å². The summed E-state index contributed by atoms with van der Waals surface area (Å²) in [6.45, 7) is 5.18. The van der Waals surface area contributed by atoms with E-state index in [4.69, 9.17) is 4.74 Å². The van der Waals surface area contributed by atoms with Crippen LogP contribution in [0.2, 0.25) is 0 Å². The lowest BCUT2D eigenvalue weighted by Crippen LogP contribution is -2.16. The third kappa shape index (κ3) is 3.39. The summed E-state index contributed by atoms with van der Waals surface area (Å²) in [5, 5.41) is 2.82. The highest BCUT2D eigenvalue weighted by molar-refractivity contribution is 9.10. The maximum atomic E-state index is 12.2. The Morgan fingerprint density at radius 1 is 1.45 bits per heavy atom. The number of hydrogen-bond acceptors (Lipinski definition) is 3. The first-order valence-corrected chi connectivity index (χ1v) is 7.19. The molecular weight excluding hydrogens is 322 g/mol. The second-order valence-corrected chi connectivity index (χ2v) is 5.02. The highest BCUT2D eigenvalue weighted by Gasteiger charge is 2.12. The van der Waals surface area contributed by atoms with E-state index < -0.39 is 0 Å². The smallest absolute Gasteiger partial charge is 0.272 e. The molecule has 0 aliphatic heterocycles. The number of anilines is 1. The molecule has 2 aromatic rings. The molecule has 6 heteroatoms. The Morgan fingerprint density at radius 2 is 2.25 bits per heavy atom. The topological polar surface area (TPSA) is 56.1 Å². The fraction of sp³-hybridized carbons (Fsp3) is 0.286. The van der Waals surface area contributed by atoms with Crippen molar-refractivity contribution in [2.24, 2.45) is 0 Å². The maximum absolute atomic E-state index is 12.2. The summed E-state index contributed by atoms with van der Waals surface area (Å²) in [5.74, 6) is 0.383. The summed E-state index contributed by atoms with van der Waals surface area (Å²) in [6.07, 6.45) is 3.46. The predicted molar refractivity (Wildman–Crippen MR) is 81.2 cm³/mol. The van der Waals surface area contributed by atoms with Gasteiger partial charge in [-0.25, -0.2) is 4.98 Å². The van der Waals surface area contributed by atoms with Crippen LogP contribution in [0.1, 0.15) is 24.3 Å². The molecule has 2 heterocycles. The second kappa shape index (κ2) is 6.56. The van der Waals surface area contributed by atoms with Crippen LogP contribution in [-0.4, -0.2) is 22.1 Å². The van der Waals surface area contributed by atoms with E-state index in [0.29, 0.717) is 23.9 Å². The minimum absolute atomic E-state index is 0.163. The number of halogens is 1. The minimum atomic E-state index is -0.163. The van der Waals surface area contributed by atoms with Gasteiger partial charge in [-0.3, -0.25) is 4.79 Å². The van der Waals surface area contributed by atoms with E-state index >= 15 is 0 Å². The average Bonchev–Trinajstić information content (AvgIpc) is 2.82. The molecule has 20 heavy (non-hydrogen) atoms. The zero-order chi connectivity index (χ0) is 14.5. The summed E-state index contributed by atoms with van der Waals surface area (Å²) in [7, 11) is 0. The first-order valence-electron chi connectivity index (χ1n) is 6.40. The van der Waals surface area contributed by atoms with Crippen molar-refractivity contribution in [3.8, 4) is 5.88 Å². The van der Waals surface area contributed by atoms with E-state index in [1.54, 1.807) is 24.4 Å². The Kier molecular flexibility index (Phi) is 4.79. The van der Waals surface area contributed by atoms with E-state index in [9.17, 15) is 4.79 Å². The Hall–Kier alpha value is -1.82. The Labute approximate surface area is 126 Å². The maximum Gasteiger partial charge on any atom is 0.272 e. The van der Waals surface area contributed by atoms with Gasteiger partial charge in [0, 0.05) is 23.3 Å². The van der Waals surface area contributed by atoms with Crippen molar-refractivity contribution >= 4 is 27.5 Å². The number of ether oxygens (including phenoxy) is 1. The fourth-order valence-corrected chi connectivity index (χ4v) is 2.27. The first-order chi connectivity index (χ1) is 9.63. The zero-order valence-electron chi connectivity index (χ0n) is 11.4. The van der Waals surface area contributed by atoms with Crippen LogP contribution in [0.5, 0.6) is 5.88 Å². The molecule has 0 fully saturated rings. The number of aryl methyl sites for hydroxylation is 1. The lowest BCUT2D eigenvalue weighted by molar-refractivity contribution is 0.101. The lowest BCUT2D eigenvalue weighted by atomic mass is 10.3. The van der Waals surface area contributed by atoms with Crippen molar-refractivity contribution in [1.29, 1.82) is 0 Å². The van der Waals surface area contributed by atoms with Gasteiger partial charge in [-0.1, -0.05) is 0 Å². The van der Waals surface area contributed by atoms with E-state index in [0.717, 1.165) is 11.0 Å². The lowest BCUT2D eigenvalue weighted by Gasteiger charge is -2.08. The van der Waals surface area contributed by atoms with Crippen molar-refractivity contribution in [2.45, 2.75) is 20.4 Å². The number of carbonyl (C=O) groups excluding carboxylic acids is 1. The van der Waals surface area contributed by atoms with Crippen LogP contribution in [0.4, 0.5) is 5.69 Å². The van der Waals surface area contributed by atoms with Gasteiger partial charge in [0.25, 0.3) is 5.91 Å². The SMILES string of the molecule is CCOc1ccc(NC(=O)c2cc(Br)cn2CC)cn1. The number of nitrogens with zero attached hydrogens (tertiary/aromatic N) is 2. The molecule has 1 amide bonds. The number of rotatable bonds is 5. The van der Waals surface area contributed by atoms with Crippen LogP contribution in [0.3, 0.4) is 0 Å². The first kappa shape index (κ1) is 14.6. The minimum Gasteiger partial charge on any atom is -0.478 e. The molecule has 0 spiro atoms. The summed E-state index contributed by atoms with van der Waals surface area (Å²) in [6, 6.07) is 5.29. The third-order valence-corrected chi connectivity index (χ3v) is 3.16. The van der Waals surface area contributed by atoms with Gasteiger partial charge in [-0.15, -0.1) is 0 Å². The molecule has 2 rings (SSSR count). The van der Waals surface area contributed by atoms with Gasteiger partial charge in [0.15, 0.2) is 0 Å². The van der Waals surface area contributed by atoms with E-state index in [-0.39, 0.29) is 5.91 Å². The summed E-state index contributed by atoms with van der Waals surface area (Å²) in [4.78, 5) is 16.3. The van der Waals surface area contributed by atoms with Crippen LogP contribution in [0.15, 0.2) is 35.1 Å². The predicted octanol–water partition coefficient (Wildman–Crippen LogP) is 3.32. The number of aromatic nitrogens is 2. The summed E-state index contributed by atoms with van der Waals surface area (Å²) >= 11 is 3.37. The number of pyridine rings is 1. The van der Waals surface area contributed by atoms with Crippen LogP contribution < -0.4 is 10.1 Å². The molecule has 0 aromatic carbocycles. The highest BCUT2D eigenvalue weighted by Crippen LogP contribution is 2.17. The van der Waals surface area contributed by atoms with Crippen molar-refractivity contribution < 1.29 is 9.53 Å². The van der Waals surface area contributed by atoms with Crippen LogP contribution >= 0.6 is 15.9 Å². The normalized spacial score (nSPS) is 10.3. The van der Waals surface area contributed by atoms with E-state index in [1.165, 1.54) is 0 Å². The summed E-state index contributed by atoms with van der Waals surface area (Å²) in [5.41, 5.74) is 1.24. The van der Waals surface area contributed by atoms with E-state index in [1.807, 2.05) is 24.6 Å². The van der Waals surface area contributed by atoms with Gasteiger partial charge in [0.1, 0.15) is 5.69 Å². The molecule has 0 atom stereocenters. The molecule has 5 nitrogen and oxygen atoms in total. The molecule has 0 aliphatic rings. The second-order valence-electron chi connectivity index (χ2n) is 4.10. The van der Waals surface area contributed by atoms with Gasteiger partial charge in [-0.2, -0.15) is 0 Å². The number of carbonyl (C=O) groups is 1. The standard InChI is InChI=1S/C14H16BrN3O2/c1-3-18-9-10(15)7-12(18)14(19)17-11-5-6-13(16-8-11)20-4-2/h5-9H,3-4H2,1-2H3,(H,17,19). The largest absolute Gasteiger partial charge is 0.478 e. The monoisotopic (exact) mass is 337 g/mol. The number of hydrogen-bond donors (Lipinski definition) is 1. The molecule has 2 aromatic heterocycles. The van der Waals surface area contributed by atoms with Crippen molar-refractivity contribution in [3.63, 3.8) is 0 Å². The van der Waals surface area contributed by atoms with Gasteiger partial charge in [0.2, 0.25) is 5.88 Å². The molecule has 1 N–H and O–H groups in total. The molecule has 0 saturated heterocycles. The van der Waals surface area contributed by atoms with Crippen LogP contribution in [-0.2, 0) is 6.54 Å². The fourth-order valence-electron chi connectivity index (χ4n) is 1.81. The van der Waals surface area contributed by atoms with Crippen molar-refractivity contribution in [2.75, 3.05) is 11.9 Å². The molecule has 0 saturated carbocycles. The third-order valence-electron chi connectivity index (χ3n) is 2.72. The van der Waals surface area contributed by atoms with Gasteiger partial charge >= 0.3 is 0 Å². The number of nitrogens with one attached hydrogen (secondary N) is 1. The zero-order valence-corrected chi connectivity index (χ0v) is 13.0. The van der Waals surface area contributed by atoms with Crippen LogP contribution in [0.25, 0.3) is 0 Å². The Bertz CT molecular complexity index is 593. The average molecular weight is 338 g/mol. The molecular formula is C14H16BrN3O2. The summed E-state index contributed by atoms with van der Waals surface area (Å²) < 4.78 is 8.02. The van der Waals surface area contributed by atoms with Gasteiger partial charge in [0.05, 0.1) is 18.5 Å². The highest BCUT2D eigenvalue weighted by atomic mass is 79.9. The Morgan fingerprint density at radius 3 is 2.85 bits per heavy atom. The molecule has 0 bridgehead atoms. The quantitative estimate of drug-likeness (QED) is 0.910. The van der Waals surface area contributed by atoms with Crippen molar-refractivity contribution in [1.82, 2.24) is 9.55 Å². The molecule has 0 aliphatic carbocycles.